The maximum absolute atomic E-state index is 14.2. The molecule has 13 nitrogen and oxygen atoms in total. The number of benzene rings is 1. The van der Waals surface area contributed by atoms with E-state index in [9.17, 15) is 32.7 Å². The minimum absolute atomic E-state index is 0.0245. The van der Waals surface area contributed by atoms with E-state index in [1.54, 1.807) is 22.5 Å². The predicted molar refractivity (Wildman–Crippen MR) is 186 cm³/mol. The van der Waals surface area contributed by atoms with Gasteiger partial charge in [0, 0.05) is 24.2 Å². The molecule has 0 bridgehead atoms. The number of aryl methyl sites for hydroxylation is 1. The highest BCUT2D eigenvalue weighted by atomic mass is 35.5. The molecule has 1 unspecified atom stereocenters. The van der Waals surface area contributed by atoms with Crippen molar-refractivity contribution in [3.05, 3.63) is 85.6 Å². The van der Waals surface area contributed by atoms with Crippen molar-refractivity contribution in [2.24, 2.45) is 0 Å². The molecule has 52 heavy (non-hydrogen) atoms. The fraction of sp³-hybridized carbons (Fsp3) is 0.400. The van der Waals surface area contributed by atoms with Gasteiger partial charge in [0.1, 0.15) is 12.9 Å². The lowest BCUT2D eigenvalue weighted by atomic mass is 9.98. The Morgan fingerprint density at radius 3 is 2.65 bits per heavy atom. The lowest BCUT2D eigenvalue weighted by molar-refractivity contribution is -0.137. The van der Waals surface area contributed by atoms with E-state index < -0.39 is 34.7 Å². The maximum Gasteiger partial charge on any atom is 0.416 e. The van der Waals surface area contributed by atoms with Crippen LogP contribution in [0.3, 0.4) is 0 Å². The van der Waals surface area contributed by atoms with E-state index in [1.165, 1.54) is 6.33 Å². The normalized spacial score (nSPS) is 18.2. The number of nitrogens with one attached hydrogen (secondary N) is 1. The first kappa shape index (κ1) is 36.7. The molecule has 17 heteroatoms. The number of aromatic nitrogens is 6. The van der Waals surface area contributed by atoms with Gasteiger partial charge in [-0.25, -0.2) is 9.97 Å². The number of aromatic hydroxyl groups is 1. The molecule has 0 radical (unpaired) electrons. The Bertz CT molecular complexity index is 2230. The van der Waals surface area contributed by atoms with E-state index in [1.807, 2.05) is 33.8 Å². The Morgan fingerprint density at radius 1 is 1.23 bits per heavy atom. The number of nitrogens with zero attached hydrogens (tertiary/aromatic N) is 7. The summed E-state index contributed by atoms with van der Waals surface area (Å²) in [5, 5.41) is 17.4. The number of rotatable bonds is 7. The largest absolute Gasteiger partial charge is 0.504 e. The maximum atomic E-state index is 14.2. The zero-order valence-corrected chi connectivity index (χ0v) is 29.8. The molecule has 1 atom stereocenters. The van der Waals surface area contributed by atoms with E-state index >= 15 is 0 Å². The number of hydrogen-bond acceptors (Lipinski definition) is 9. The summed E-state index contributed by atoms with van der Waals surface area (Å²) in [5.41, 5.74) is 0.0802. The Hall–Kier alpha value is -5.09. The van der Waals surface area contributed by atoms with E-state index in [-0.39, 0.29) is 70.6 Å². The second-order valence-corrected chi connectivity index (χ2v) is 13.8. The number of alkyl halides is 3. The van der Waals surface area contributed by atoms with Crippen LogP contribution in [0.5, 0.6) is 5.75 Å². The Morgan fingerprint density at radius 2 is 1.98 bits per heavy atom. The molecule has 0 saturated carbocycles. The van der Waals surface area contributed by atoms with Gasteiger partial charge >= 0.3 is 6.18 Å². The minimum Gasteiger partial charge on any atom is -0.504 e. The van der Waals surface area contributed by atoms with Gasteiger partial charge in [-0.05, 0) is 76.0 Å². The van der Waals surface area contributed by atoms with Gasteiger partial charge in [0.15, 0.2) is 17.3 Å². The molecule has 2 N–H and O–H groups in total. The zero-order chi connectivity index (χ0) is 37.7. The van der Waals surface area contributed by atoms with E-state index in [0.717, 1.165) is 33.9 Å². The van der Waals surface area contributed by atoms with Crippen LogP contribution in [0.4, 0.5) is 18.9 Å². The number of carbonyl (C=O) groups is 2. The second-order valence-electron chi connectivity index (χ2n) is 13.4. The topological polar surface area (TPSA) is 157 Å². The summed E-state index contributed by atoms with van der Waals surface area (Å²) in [5.74, 6) is -1.07. The van der Waals surface area contributed by atoms with Gasteiger partial charge in [0.25, 0.3) is 11.5 Å². The lowest BCUT2D eigenvalue weighted by Crippen LogP contribution is -2.43. The average Bonchev–Trinajstić information content (AvgIpc) is 3.65. The van der Waals surface area contributed by atoms with Crippen LogP contribution in [0.15, 0.2) is 41.0 Å². The monoisotopic (exact) mass is 740 g/mol. The van der Waals surface area contributed by atoms with Gasteiger partial charge in [-0.3, -0.25) is 14.4 Å². The molecule has 5 heterocycles. The molecular weight excluding hydrogens is 705 g/mol. The molecule has 1 aromatic carbocycles. The summed E-state index contributed by atoms with van der Waals surface area (Å²) in [6.07, 6.45) is 1.15. The molecule has 0 spiro atoms. The Labute approximate surface area is 300 Å². The van der Waals surface area contributed by atoms with Crippen LogP contribution in [0, 0.1) is 6.92 Å². The van der Waals surface area contributed by atoms with Crippen LogP contribution in [0.2, 0.25) is 5.02 Å². The molecule has 3 aromatic heterocycles. The first-order valence-electron chi connectivity index (χ1n) is 16.5. The molecule has 6 rings (SSSR count). The van der Waals surface area contributed by atoms with Crippen molar-refractivity contribution in [1.29, 1.82) is 0 Å². The highest BCUT2D eigenvalue weighted by molar-refractivity contribution is 6.33. The number of hydrogen-bond donors (Lipinski definition) is 2. The number of ether oxygens (including phenoxy) is 1. The van der Waals surface area contributed by atoms with E-state index in [4.69, 9.17) is 16.3 Å². The summed E-state index contributed by atoms with van der Waals surface area (Å²) < 4.78 is 48.0. The van der Waals surface area contributed by atoms with Crippen LogP contribution in [0.1, 0.15) is 79.4 Å². The lowest BCUT2D eigenvalue weighted by Gasteiger charge is -2.30. The average molecular weight is 741 g/mol. The number of amides is 2. The summed E-state index contributed by atoms with van der Waals surface area (Å²) in [6, 6.07) is 2.62. The molecule has 274 valence electrons. The van der Waals surface area contributed by atoms with Crippen molar-refractivity contribution in [2.45, 2.75) is 78.2 Å². The molecule has 2 aliphatic heterocycles. The third-order valence-corrected chi connectivity index (χ3v) is 9.47. The summed E-state index contributed by atoms with van der Waals surface area (Å²) in [6.45, 7) is 9.07. The molecule has 4 aromatic rings. The van der Waals surface area contributed by atoms with Gasteiger partial charge in [-0.1, -0.05) is 24.6 Å². The van der Waals surface area contributed by atoms with Crippen LogP contribution in [0.25, 0.3) is 17.4 Å². The van der Waals surface area contributed by atoms with Gasteiger partial charge in [0.05, 0.1) is 40.2 Å². The molecule has 2 aliphatic rings. The number of carbonyl (C=O) groups excluding carboxylic acids is 2. The number of halogens is 4. The Kier molecular flexibility index (Phi) is 9.74. The SMILES string of the molecule is CCc1c(/C=C2/CN(C(=O)c3ncnc(C)c3O)C(C)(C)C2)c(=O)n2nc(C3=CCOC(C)C3)nc2n1CC(=O)Nc1ccc(C(F)(F)F)cc1Cl. The standard InChI is InChI=1S/C35H36ClF3N8O5/c1-6-26-23(12-20-14-34(4,5)46(15-20)32(51)28-29(49)19(3)40-17-41-28)31(50)47-33(43-30(44-47)21-9-10-52-18(2)11-21)45(26)16-27(48)42-25-8-7-22(13-24(25)36)35(37,38)39/h7-9,12-13,17-18,49H,6,10-11,14-16H2,1-5H3,(H,42,48)/b20-12+. The summed E-state index contributed by atoms with van der Waals surface area (Å²) >= 11 is 6.13. The van der Waals surface area contributed by atoms with Crippen molar-refractivity contribution in [2.75, 3.05) is 18.5 Å². The highest BCUT2D eigenvalue weighted by Gasteiger charge is 2.40. The Balaban J connectivity index is 1.42. The third kappa shape index (κ3) is 7.04. The van der Waals surface area contributed by atoms with Crippen molar-refractivity contribution >= 4 is 46.5 Å². The van der Waals surface area contributed by atoms with Gasteiger partial charge in [0.2, 0.25) is 11.7 Å². The first-order valence-corrected chi connectivity index (χ1v) is 16.9. The molecule has 0 aliphatic carbocycles. The van der Waals surface area contributed by atoms with Crippen molar-refractivity contribution in [3.63, 3.8) is 0 Å². The predicted octanol–water partition coefficient (Wildman–Crippen LogP) is 5.47. The van der Waals surface area contributed by atoms with Gasteiger partial charge in [-0.2, -0.15) is 22.7 Å². The molecule has 1 saturated heterocycles. The minimum atomic E-state index is -4.62. The smallest absolute Gasteiger partial charge is 0.416 e. The number of likely N-dealkylation sites (tertiary alicyclic amines) is 1. The number of fused-ring (bicyclic) bond motifs is 1. The van der Waals surface area contributed by atoms with E-state index in [0.29, 0.717) is 25.1 Å². The zero-order valence-electron chi connectivity index (χ0n) is 29.0. The molecule has 1 fully saturated rings. The third-order valence-electron chi connectivity index (χ3n) is 9.16. The van der Waals surface area contributed by atoms with Crippen LogP contribution < -0.4 is 10.9 Å². The quantitative estimate of drug-likeness (QED) is 0.251. The fourth-order valence-electron chi connectivity index (χ4n) is 6.54. The summed E-state index contributed by atoms with van der Waals surface area (Å²) in [4.78, 5) is 55.6. The first-order chi connectivity index (χ1) is 24.5. The highest BCUT2D eigenvalue weighted by Crippen LogP contribution is 2.36. The van der Waals surface area contributed by atoms with Crippen molar-refractivity contribution in [1.82, 2.24) is 34.0 Å². The second kappa shape index (κ2) is 13.8. The molecule has 2 amide bonds. The van der Waals surface area contributed by atoms with Gasteiger partial charge in [-0.15, -0.1) is 5.10 Å². The van der Waals surface area contributed by atoms with Crippen molar-refractivity contribution in [3.8, 4) is 5.75 Å². The van der Waals surface area contributed by atoms with Crippen LogP contribution in [-0.2, 0) is 28.7 Å². The van der Waals surface area contributed by atoms with Crippen LogP contribution >= 0.6 is 11.6 Å². The van der Waals surface area contributed by atoms with E-state index in [2.05, 4.69) is 25.4 Å². The fourth-order valence-corrected chi connectivity index (χ4v) is 6.77. The number of anilines is 1. The van der Waals surface area contributed by atoms with Crippen molar-refractivity contribution < 1.29 is 32.6 Å². The van der Waals surface area contributed by atoms with Gasteiger partial charge < -0.3 is 24.6 Å². The molecular formula is C35H36ClF3N8O5. The summed E-state index contributed by atoms with van der Waals surface area (Å²) in [7, 11) is 0. The van der Waals surface area contributed by atoms with Crippen LogP contribution in [-0.4, -0.2) is 75.7 Å².